The second-order valence-corrected chi connectivity index (χ2v) is 5.21. The fraction of sp³-hybridized carbons (Fsp3) is 0.714. The van der Waals surface area contributed by atoms with Crippen LogP contribution in [-0.2, 0) is 9.47 Å². The van der Waals surface area contributed by atoms with Crippen LogP contribution in [0.3, 0.4) is 0 Å². The van der Waals surface area contributed by atoms with Crippen molar-refractivity contribution in [3.05, 3.63) is 25.3 Å². The smallest absolute Gasteiger partial charge is 0.0660 e. The molecule has 2 heteroatoms. The van der Waals surface area contributed by atoms with Crippen molar-refractivity contribution >= 4 is 0 Å². The fourth-order valence-corrected chi connectivity index (χ4v) is 1.34. The summed E-state index contributed by atoms with van der Waals surface area (Å²) in [5.74, 6) is 0. The van der Waals surface area contributed by atoms with Crippen molar-refractivity contribution in [3.8, 4) is 0 Å². The van der Waals surface area contributed by atoms with Gasteiger partial charge >= 0.3 is 0 Å². The maximum Gasteiger partial charge on any atom is 0.0660 e. The Morgan fingerprint density at radius 3 is 2.06 bits per heavy atom. The minimum atomic E-state index is -0.154. The monoisotopic (exact) mass is 226 g/mol. The van der Waals surface area contributed by atoms with E-state index in [2.05, 4.69) is 40.9 Å². The Kier molecular flexibility index (Phi) is 6.61. The zero-order chi connectivity index (χ0) is 12.7. The summed E-state index contributed by atoms with van der Waals surface area (Å²) >= 11 is 0. The van der Waals surface area contributed by atoms with E-state index in [1.165, 1.54) is 0 Å². The van der Waals surface area contributed by atoms with Crippen molar-refractivity contribution in [3.63, 3.8) is 0 Å². The van der Waals surface area contributed by atoms with Crippen LogP contribution < -0.4 is 0 Å². The zero-order valence-corrected chi connectivity index (χ0v) is 11.2. The maximum absolute atomic E-state index is 5.81. The van der Waals surface area contributed by atoms with Gasteiger partial charge in [-0.05, 0) is 40.5 Å². The van der Waals surface area contributed by atoms with Crippen molar-refractivity contribution in [1.29, 1.82) is 0 Å². The molecule has 0 bridgehead atoms. The highest BCUT2D eigenvalue weighted by molar-refractivity contribution is 4.81. The SMILES string of the molecule is C=CCOC(C)(C)CCOC(C)(C)CC=C. The summed E-state index contributed by atoms with van der Waals surface area (Å²) < 4.78 is 11.4. The highest BCUT2D eigenvalue weighted by Gasteiger charge is 2.21. The molecule has 0 aromatic carbocycles. The average molecular weight is 226 g/mol. The molecule has 0 radical (unpaired) electrons. The third-order valence-corrected chi connectivity index (χ3v) is 2.42. The molecule has 0 saturated carbocycles. The largest absolute Gasteiger partial charge is 0.375 e. The Morgan fingerprint density at radius 2 is 1.56 bits per heavy atom. The van der Waals surface area contributed by atoms with Gasteiger partial charge in [-0.25, -0.2) is 0 Å². The molecule has 0 saturated heterocycles. The van der Waals surface area contributed by atoms with Crippen molar-refractivity contribution in [2.24, 2.45) is 0 Å². The summed E-state index contributed by atoms with van der Waals surface area (Å²) in [6.45, 7) is 16.9. The van der Waals surface area contributed by atoms with Crippen LogP contribution in [0.2, 0.25) is 0 Å². The molecule has 0 unspecified atom stereocenters. The predicted molar refractivity (Wildman–Crippen MR) is 69.7 cm³/mol. The molecule has 0 aromatic rings. The van der Waals surface area contributed by atoms with Crippen LogP contribution >= 0.6 is 0 Å². The fourth-order valence-electron chi connectivity index (χ4n) is 1.34. The van der Waals surface area contributed by atoms with Crippen LogP contribution in [0.25, 0.3) is 0 Å². The van der Waals surface area contributed by atoms with E-state index in [1.54, 1.807) is 6.08 Å². The van der Waals surface area contributed by atoms with Gasteiger partial charge in [-0.1, -0.05) is 12.2 Å². The first-order valence-electron chi connectivity index (χ1n) is 5.83. The minimum absolute atomic E-state index is 0.129. The molecular formula is C14H26O2. The molecule has 0 aliphatic carbocycles. The van der Waals surface area contributed by atoms with E-state index in [0.29, 0.717) is 13.2 Å². The number of ether oxygens (including phenoxy) is 2. The van der Waals surface area contributed by atoms with Crippen LogP contribution in [0, 0.1) is 0 Å². The molecule has 0 aliphatic rings. The van der Waals surface area contributed by atoms with Crippen LogP contribution in [0.1, 0.15) is 40.5 Å². The molecule has 0 spiro atoms. The Balaban J connectivity index is 3.87. The summed E-state index contributed by atoms with van der Waals surface area (Å²) in [5.41, 5.74) is -0.283. The normalized spacial score (nSPS) is 12.5. The highest BCUT2D eigenvalue weighted by atomic mass is 16.5. The molecule has 0 amide bonds. The first-order valence-corrected chi connectivity index (χ1v) is 5.83. The topological polar surface area (TPSA) is 18.5 Å². The molecule has 2 nitrogen and oxygen atoms in total. The number of rotatable bonds is 9. The lowest BCUT2D eigenvalue weighted by molar-refractivity contribution is -0.0642. The van der Waals surface area contributed by atoms with Gasteiger partial charge in [-0.3, -0.25) is 0 Å². The van der Waals surface area contributed by atoms with Gasteiger partial charge in [-0.2, -0.15) is 0 Å². The van der Waals surface area contributed by atoms with E-state index in [1.807, 2.05) is 6.08 Å². The first-order chi connectivity index (χ1) is 7.33. The quantitative estimate of drug-likeness (QED) is 0.558. The molecule has 0 fully saturated rings. The van der Waals surface area contributed by atoms with Gasteiger partial charge in [0.05, 0.1) is 24.4 Å². The van der Waals surface area contributed by atoms with Gasteiger partial charge in [0.25, 0.3) is 0 Å². The summed E-state index contributed by atoms with van der Waals surface area (Å²) in [7, 11) is 0. The molecule has 0 rings (SSSR count). The molecule has 0 heterocycles. The lowest BCUT2D eigenvalue weighted by atomic mass is 10.0. The Hall–Kier alpha value is -0.600. The second kappa shape index (κ2) is 6.87. The Bertz CT molecular complexity index is 217. The van der Waals surface area contributed by atoms with E-state index in [0.717, 1.165) is 12.8 Å². The van der Waals surface area contributed by atoms with Crippen LogP contribution in [0.4, 0.5) is 0 Å². The van der Waals surface area contributed by atoms with Crippen molar-refractivity contribution < 1.29 is 9.47 Å². The van der Waals surface area contributed by atoms with E-state index in [-0.39, 0.29) is 11.2 Å². The predicted octanol–water partition coefficient (Wildman–Crippen LogP) is 3.73. The van der Waals surface area contributed by atoms with Crippen molar-refractivity contribution in [2.75, 3.05) is 13.2 Å². The van der Waals surface area contributed by atoms with Gasteiger partial charge in [-0.15, -0.1) is 13.2 Å². The molecule has 0 aliphatic heterocycles. The van der Waals surface area contributed by atoms with Gasteiger partial charge in [0.1, 0.15) is 0 Å². The standard InChI is InChI=1S/C14H26O2/c1-7-9-13(3,4)16-12-10-14(5,6)15-11-8-2/h7-8H,1-2,9-12H2,3-6H3. The third-order valence-electron chi connectivity index (χ3n) is 2.42. The number of hydrogen-bond acceptors (Lipinski definition) is 2. The Labute approximate surface area is 100 Å². The van der Waals surface area contributed by atoms with Crippen LogP contribution in [0.15, 0.2) is 25.3 Å². The third kappa shape index (κ3) is 7.66. The first kappa shape index (κ1) is 15.4. The lowest BCUT2D eigenvalue weighted by Gasteiger charge is -2.28. The molecule has 16 heavy (non-hydrogen) atoms. The lowest BCUT2D eigenvalue weighted by Crippen LogP contribution is -2.30. The van der Waals surface area contributed by atoms with Gasteiger partial charge in [0.2, 0.25) is 0 Å². The van der Waals surface area contributed by atoms with E-state index in [9.17, 15) is 0 Å². The van der Waals surface area contributed by atoms with Crippen LogP contribution in [-0.4, -0.2) is 24.4 Å². The summed E-state index contributed by atoms with van der Waals surface area (Å²) in [4.78, 5) is 0. The van der Waals surface area contributed by atoms with E-state index in [4.69, 9.17) is 9.47 Å². The van der Waals surface area contributed by atoms with Crippen molar-refractivity contribution in [2.45, 2.75) is 51.7 Å². The summed E-state index contributed by atoms with van der Waals surface area (Å²) in [6.07, 6.45) is 5.39. The van der Waals surface area contributed by atoms with Gasteiger partial charge in [0, 0.05) is 0 Å². The summed E-state index contributed by atoms with van der Waals surface area (Å²) in [5, 5.41) is 0. The molecular weight excluding hydrogens is 200 g/mol. The summed E-state index contributed by atoms with van der Waals surface area (Å²) in [6, 6.07) is 0. The number of hydrogen-bond donors (Lipinski definition) is 0. The van der Waals surface area contributed by atoms with E-state index >= 15 is 0 Å². The maximum atomic E-state index is 5.81. The van der Waals surface area contributed by atoms with Gasteiger partial charge < -0.3 is 9.47 Å². The molecule has 94 valence electrons. The average Bonchev–Trinajstić information content (AvgIpc) is 2.14. The zero-order valence-electron chi connectivity index (χ0n) is 11.2. The highest BCUT2D eigenvalue weighted by Crippen LogP contribution is 2.19. The molecule has 0 aromatic heterocycles. The minimum Gasteiger partial charge on any atom is -0.375 e. The van der Waals surface area contributed by atoms with Gasteiger partial charge in [0.15, 0.2) is 0 Å². The van der Waals surface area contributed by atoms with Crippen LogP contribution in [0.5, 0.6) is 0 Å². The van der Waals surface area contributed by atoms with Crippen molar-refractivity contribution in [1.82, 2.24) is 0 Å². The Morgan fingerprint density at radius 1 is 0.938 bits per heavy atom. The van der Waals surface area contributed by atoms with E-state index < -0.39 is 0 Å². The molecule has 0 atom stereocenters. The second-order valence-electron chi connectivity index (χ2n) is 5.21. The molecule has 0 N–H and O–H groups in total.